The van der Waals surface area contributed by atoms with Gasteiger partial charge in [0.1, 0.15) is 0 Å². The topological polar surface area (TPSA) is 88.2 Å². The van der Waals surface area contributed by atoms with Crippen molar-refractivity contribution in [2.24, 2.45) is 0 Å². The van der Waals surface area contributed by atoms with E-state index in [0.29, 0.717) is 18.0 Å². The largest absolute Gasteiger partial charge is 0.478 e. The van der Waals surface area contributed by atoms with Crippen LogP contribution < -0.4 is 5.32 Å². The summed E-state index contributed by atoms with van der Waals surface area (Å²) < 4.78 is 5.49. The summed E-state index contributed by atoms with van der Waals surface area (Å²) >= 11 is 1.62. The van der Waals surface area contributed by atoms with Crippen LogP contribution in [0.2, 0.25) is 0 Å². The molecule has 0 spiro atoms. The van der Waals surface area contributed by atoms with Crippen molar-refractivity contribution in [2.45, 2.75) is 6.42 Å². The van der Waals surface area contributed by atoms with Gasteiger partial charge >= 0.3 is 12.0 Å². The summed E-state index contributed by atoms with van der Waals surface area (Å²) in [6, 6.07) is 10.6. The summed E-state index contributed by atoms with van der Waals surface area (Å²) in [5.41, 5.74) is 0.777. The molecule has 0 radical (unpaired) electrons. The Hall–Kier alpha value is -2.67. The molecule has 2 heterocycles. The predicted molar refractivity (Wildman–Crippen MR) is 78.1 cm³/mol. The molecule has 0 aliphatic carbocycles. The van der Waals surface area contributed by atoms with Gasteiger partial charge < -0.3 is 14.8 Å². The van der Waals surface area contributed by atoms with Crippen molar-refractivity contribution in [3.63, 3.8) is 0 Å². The third-order valence-electron chi connectivity index (χ3n) is 2.73. The molecule has 2 aromatic heterocycles. The molecule has 7 heteroatoms. The second-order valence-corrected chi connectivity index (χ2v) is 5.30. The lowest BCUT2D eigenvalue weighted by molar-refractivity contribution is 0.0697. The van der Waals surface area contributed by atoms with Gasteiger partial charge in [-0.25, -0.2) is 4.79 Å². The number of hydrogen-bond donors (Lipinski definition) is 2. The van der Waals surface area contributed by atoms with Crippen LogP contribution in [-0.4, -0.2) is 21.3 Å². The Morgan fingerprint density at radius 2 is 2.19 bits per heavy atom. The highest BCUT2D eigenvalue weighted by atomic mass is 32.1. The van der Waals surface area contributed by atoms with E-state index in [4.69, 9.17) is 9.52 Å². The first-order valence-electron chi connectivity index (χ1n) is 6.16. The number of carbonyl (C=O) groups is 1. The van der Waals surface area contributed by atoms with Crippen LogP contribution in [0.5, 0.6) is 0 Å². The maximum atomic E-state index is 10.9. The molecule has 0 saturated carbocycles. The maximum Gasteiger partial charge on any atom is 0.335 e. The van der Waals surface area contributed by atoms with Crippen LogP contribution in [0.1, 0.15) is 21.1 Å². The second-order valence-electron chi connectivity index (χ2n) is 4.27. The first-order chi connectivity index (χ1) is 10.2. The Kier molecular flexibility index (Phi) is 3.65. The highest BCUT2D eigenvalue weighted by Gasteiger charge is 2.09. The molecule has 0 aliphatic heterocycles. The number of aromatic carboxylic acids is 1. The first kappa shape index (κ1) is 13.3. The van der Waals surface area contributed by atoms with Crippen LogP contribution in [0.4, 0.5) is 11.7 Å². The van der Waals surface area contributed by atoms with Crippen molar-refractivity contribution >= 4 is 29.0 Å². The number of nitrogens with zero attached hydrogens (tertiary/aromatic N) is 2. The van der Waals surface area contributed by atoms with Crippen LogP contribution in [0.3, 0.4) is 0 Å². The molecular formula is C14H11N3O3S. The predicted octanol–water partition coefficient (Wildman–Crippen LogP) is 3.16. The number of aromatic nitrogens is 2. The summed E-state index contributed by atoms with van der Waals surface area (Å²) in [6.45, 7) is 0. The SMILES string of the molecule is O=C(O)c1cccc(Nc2nnc(Cc3cccs3)o2)c1. The number of carboxylic acids is 1. The van der Waals surface area contributed by atoms with E-state index in [1.54, 1.807) is 23.5 Å². The number of hydrogen-bond acceptors (Lipinski definition) is 6. The summed E-state index contributed by atoms with van der Waals surface area (Å²) in [4.78, 5) is 12.0. The van der Waals surface area contributed by atoms with Crippen molar-refractivity contribution in [3.05, 3.63) is 58.1 Å². The minimum Gasteiger partial charge on any atom is -0.478 e. The Morgan fingerprint density at radius 3 is 2.95 bits per heavy atom. The van der Waals surface area contributed by atoms with Gasteiger partial charge in [0.15, 0.2) is 0 Å². The van der Waals surface area contributed by atoms with Crippen molar-refractivity contribution in [2.75, 3.05) is 5.32 Å². The number of nitrogens with one attached hydrogen (secondary N) is 1. The molecule has 0 amide bonds. The van der Waals surface area contributed by atoms with Gasteiger partial charge in [-0.05, 0) is 29.6 Å². The van der Waals surface area contributed by atoms with Crippen LogP contribution in [0, 0.1) is 0 Å². The molecule has 0 fully saturated rings. The lowest BCUT2D eigenvalue weighted by atomic mass is 10.2. The molecule has 3 aromatic rings. The van der Waals surface area contributed by atoms with Crippen molar-refractivity contribution < 1.29 is 14.3 Å². The zero-order chi connectivity index (χ0) is 14.7. The van der Waals surface area contributed by atoms with E-state index in [9.17, 15) is 4.79 Å². The molecule has 0 aliphatic rings. The van der Waals surface area contributed by atoms with E-state index in [2.05, 4.69) is 15.5 Å². The summed E-state index contributed by atoms with van der Waals surface area (Å²) in [5, 5.41) is 21.7. The van der Waals surface area contributed by atoms with Gasteiger partial charge in [-0.15, -0.1) is 16.4 Å². The van der Waals surface area contributed by atoms with Crippen LogP contribution >= 0.6 is 11.3 Å². The Bertz CT molecular complexity index is 752. The van der Waals surface area contributed by atoms with Gasteiger partial charge in [0.2, 0.25) is 5.89 Å². The molecule has 6 nitrogen and oxygen atoms in total. The maximum absolute atomic E-state index is 10.9. The molecule has 106 valence electrons. The quantitative estimate of drug-likeness (QED) is 0.752. The second kappa shape index (κ2) is 5.76. The molecule has 3 rings (SSSR count). The minimum atomic E-state index is -0.984. The van der Waals surface area contributed by atoms with Gasteiger partial charge in [0.25, 0.3) is 0 Å². The molecule has 21 heavy (non-hydrogen) atoms. The highest BCUT2D eigenvalue weighted by molar-refractivity contribution is 7.09. The molecule has 0 bridgehead atoms. The van der Waals surface area contributed by atoms with Crippen LogP contribution in [0.15, 0.2) is 46.2 Å². The van der Waals surface area contributed by atoms with E-state index < -0.39 is 5.97 Å². The molecule has 1 aromatic carbocycles. The van der Waals surface area contributed by atoms with Gasteiger partial charge in [0.05, 0.1) is 12.0 Å². The molecule has 0 saturated heterocycles. The zero-order valence-electron chi connectivity index (χ0n) is 10.8. The fourth-order valence-electron chi connectivity index (χ4n) is 1.79. The number of benzene rings is 1. The van der Waals surface area contributed by atoms with Gasteiger partial charge in [-0.3, -0.25) is 0 Å². The summed E-state index contributed by atoms with van der Waals surface area (Å²) in [6.07, 6.45) is 0.585. The Morgan fingerprint density at radius 1 is 1.29 bits per heavy atom. The number of carboxylic acid groups (broad SMARTS) is 1. The molecule has 0 atom stereocenters. The van der Waals surface area contributed by atoms with Gasteiger partial charge in [-0.2, -0.15) is 0 Å². The molecule has 2 N–H and O–H groups in total. The van der Waals surface area contributed by atoms with E-state index in [-0.39, 0.29) is 11.6 Å². The molecule has 0 unspecified atom stereocenters. The van der Waals surface area contributed by atoms with Gasteiger partial charge in [-0.1, -0.05) is 17.2 Å². The Labute approximate surface area is 124 Å². The average Bonchev–Trinajstić information content (AvgIpc) is 3.12. The molecular weight excluding hydrogens is 290 g/mol. The lowest BCUT2D eigenvalue weighted by Crippen LogP contribution is -1.97. The lowest BCUT2D eigenvalue weighted by Gasteiger charge is -2.01. The standard InChI is InChI=1S/C14H11N3O3S/c18-13(19)9-3-1-4-10(7-9)15-14-17-16-12(20-14)8-11-5-2-6-21-11/h1-7H,8H2,(H,15,17)(H,18,19). The number of rotatable bonds is 5. The average molecular weight is 301 g/mol. The van der Waals surface area contributed by atoms with Crippen LogP contribution in [0.25, 0.3) is 0 Å². The third kappa shape index (κ3) is 3.26. The Balaban J connectivity index is 1.72. The van der Waals surface area contributed by atoms with E-state index in [1.165, 1.54) is 12.1 Å². The van der Waals surface area contributed by atoms with E-state index in [0.717, 1.165) is 4.88 Å². The number of anilines is 2. The smallest absolute Gasteiger partial charge is 0.335 e. The van der Waals surface area contributed by atoms with Crippen LogP contribution in [-0.2, 0) is 6.42 Å². The summed E-state index contributed by atoms with van der Waals surface area (Å²) in [5.74, 6) is -0.475. The first-order valence-corrected chi connectivity index (χ1v) is 7.04. The van der Waals surface area contributed by atoms with Crippen molar-refractivity contribution in [3.8, 4) is 0 Å². The van der Waals surface area contributed by atoms with Crippen molar-refractivity contribution in [1.29, 1.82) is 0 Å². The zero-order valence-corrected chi connectivity index (χ0v) is 11.6. The number of thiophene rings is 1. The minimum absolute atomic E-state index is 0.193. The normalized spacial score (nSPS) is 10.5. The fraction of sp³-hybridized carbons (Fsp3) is 0.0714. The van der Waals surface area contributed by atoms with E-state index in [1.807, 2.05) is 17.5 Å². The monoisotopic (exact) mass is 301 g/mol. The summed E-state index contributed by atoms with van der Waals surface area (Å²) in [7, 11) is 0. The fourth-order valence-corrected chi connectivity index (χ4v) is 2.49. The van der Waals surface area contributed by atoms with E-state index >= 15 is 0 Å². The third-order valence-corrected chi connectivity index (χ3v) is 3.61. The van der Waals surface area contributed by atoms with Crippen molar-refractivity contribution in [1.82, 2.24) is 10.2 Å². The highest BCUT2D eigenvalue weighted by Crippen LogP contribution is 2.19. The van der Waals surface area contributed by atoms with Gasteiger partial charge in [0, 0.05) is 10.6 Å².